The lowest BCUT2D eigenvalue weighted by Crippen LogP contribution is -2.19. The number of nitrogens with two attached hydrogens (primary N) is 1. The summed E-state index contributed by atoms with van der Waals surface area (Å²) in [5.41, 5.74) is 7.26. The standard InChI is InChI=1S/C14H21NO3S/c1-10(16)19-9-7-13(17)14(18)12-4-2-11(3-5-12)6-8-15/h2-5,13-14,17-18H,6-9,15H2,1H3. The summed E-state index contributed by atoms with van der Waals surface area (Å²) in [5, 5.41) is 19.9. The van der Waals surface area contributed by atoms with Gasteiger partial charge in [0, 0.05) is 12.7 Å². The third kappa shape index (κ3) is 5.74. The summed E-state index contributed by atoms with van der Waals surface area (Å²) in [7, 11) is 0. The molecule has 1 aromatic rings. The summed E-state index contributed by atoms with van der Waals surface area (Å²) in [5.74, 6) is 0.513. The van der Waals surface area contributed by atoms with E-state index >= 15 is 0 Å². The monoisotopic (exact) mass is 283 g/mol. The molecule has 19 heavy (non-hydrogen) atoms. The van der Waals surface area contributed by atoms with Gasteiger partial charge in [-0.3, -0.25) is 4.79 Å². The van der Waals surface area contributed by atoms with Crippen molar-refractivity contribution in [3.8, 4) is 0 Å². The average Bonchev–Trinajstić information content (AvgIpc) is 2.38. The van der Waals surface area contributed by atoms with Gasteiger partial charge in [-0.2, -0.15) is 0 Å². The van der Waals surface area contributed by atoms with Gasteiger partial charge < -0.3 is 15.9 Å². The zero-order valence-corrected chi connectivity index (χ0v) is 11.9. The molecule has 0 aromatic heterocycles. The van der Waals surface area contributed by atoms with E-state index in [4.69, 9.17) is 5.73 Å². The van der Waals surface area contributed by atoms with E-state index in [1.165, 1.54) is 6.92 Å². The van der Waals surface area contributed by atoms with Gasteiger partial charge in [0.15, 0.2) is 5.12 Å². The minimum atomic E-state index is -0.917. The second-order valence-electron chi connectivity index (χ2n) is 4.42. The smallest absolute Gasteiger partial charge is 0.185 e. The summed E-state index contributed by atoms with van der Waals surface area (Å²) in [6, 6.07) is 7.42. The van der Waals surface area contributed by atoms with Gasteiger partial charge >= 0.3 is 0 Å². The zero-order valence-electron chi connectivity index (χ0n) is 11.1. The minimum absolute atomic E-state index is 0.0211. The summed E-state index contributed by atoms with van der Waals surface area (Å²) in [6.07, 6.45) is -0.587. The Balaban J connectivity index is 2.51. The first kappa shape index (κ1) is 16.2. The quantitative estimate of drug-likeness (QED) is 0.701. The van der Waals surface area contributed by atoms with Gasteiger partial charge in [0.05, 0.1) is 6.10 Å². The van der Waals surface area contributed by atoms with Crippen molar-refractivity contribution in [3.63, 3.8) is 0 Å². The Labute approximate surface area is 118 Å². The molecule has 0 saturated carbocycles. The first-order valence-electron chi connectivity index (χ1n) is 6.33. The lowest BCUT2D eigenvalue weighted by Gasteiger charge is -2.18. The van der Waals surface area contributed by atoms with Crippen LogP contribution < -0.4 is 5.73 Å². The van der Waals surface area contributed by atoms with Crippen LogP contribution in [0.5, 0.6) is 0 Å². The molecule has 0 aliphatic rings. The Bertz CT molecular complexity index is 394. The maximum atomic E-state index is 10.8. The molecule has 0 saturated heterocycles. The molecule has 0 aliphatic heterocycles. The Hall–Kier alpha value is -0.880. The molecule has 4 N–H and O–H groups in total. The summed E-state index contributed by atoms with van der Waals surface area (Å²) in [6.45, 7) is 2.08. The van der Waals surface area contributed by atoms with E-state index in [1.54, 1.807) is 12.1 Å². The lowest BCUT2D eigenvalue weighted by atomic mass is 10.0. The van der Waals surface area contributed by atoms with Crippen LogP contribution in [0.25, 0.3) is 0 Å². The molecular formula is C14H21NO3S. The fourth-order valence-electron chi connectivity index (χ4n) is 1.75. The molecule has 1 rings (SSSR count). The van der Waals surface area contributed by atoms with Crippen molar-refractivity contribution >= 4 is 16.9 Å². The van der Waals surface area contributed by atoms with Crippen molar-refractivity contribution in [1.82, 2.24) is 0 Å². The number of aliphatic hydroxyl groups is 2. The molecule has 5 heteroatoms. The van der Waals surface area contributed by atoms with Gasteiger partial charge in [0.25, 0.3) is 0 Å². The molecule has 0 spiro atoms. The van der Waals surface area contributed by atoms with E-state index in [1.807, 2.05) is 12.1 Å². The number of aliphatic hydroxyl groups excluding tert-OH is 2. The number of rotatable bonds is 7. The fourth-order valence-corrected chi connectivity index (χ4v) is 2.40. The highest BCUT2D eigenvalue weighted by molar-refractivity contribution is 8.13. The largest absolute Gasteiger partial charge is 0.390 e. The van der Waals surface area contributed by atoms with Crippen molar-refractivity contribution in [2.75, 3.05) is 12.3 Å². The lowest BCUT2D eigenvalue weighted by molar-refractivity contribution is -0.109. The number of carbonyl (C=O) groups is 1. The molecule has 2 unspecified atom stereocenters. The second kappa shape index (κ2) is 8.32. The third-order valence-corrected chi connectivity index (χ3v) is 3.68. The number of hydrogen-bond acceptors (Lipinski definition) is 5. The van der Waals surface area contributed by atoms with E-state index in [0.29, 0.717) is 24.3 Å². The molecular weight excluding hydrogens is 262 g/mol. The first-order chi connectivity index (χ1) is 9.04. The van der Waals surface area contributed by atoms with Crippen LogP contribution in [0.1, 0.15) is 30.6 Å². The summed E-state index contributed by atoms with van der Waals surface area (Å²) < 4.78 is 0. The Kier molecular flexibility index (Phi) is 7.09. The molecule has 0 fully saturated rings. The van der Waals surface area contributed by atoms with Crippen molar-refractivity contribution in [1.29, 1.82) is 0 Å². The average molecular weight is 283 g/mol. The van der Waals surface area contributed by atoms with Crippen molar-refractivity contribution < 1.29 is 15.0 Å². The van der Waals surface area contributed by atoms with Crippen LogP contribution >= 0.6 is 11.8 Å². The fraction of sp³-hybridized carbons (Fsp3) is 0.500. The van der Waals surface area contributed by atoms with E-state index in [2.05, 4.69) is 0 Å². The number of benzene rings is 1. The minimum Gasteiger partial charge on any atom is -0.390 e. The molecule has 0 amide bonds. The molecule has 2 atom stereocenters. The van der Waals surface area contributed by atoms with Crippen molar-refractivity contribution in [3.05, 3.63) is 35.4 Å². The highest BCUT2D eigenvalue weighted by Gasteiger charge is 2.18. The van der Waals surface area contributed by atoms with Crippen molar-refractivity contribution in [2.45, 2.75) is 32.0 Å². The molecule has 0 radical (unpaired) electrons. The van der Waals surface area contributed by atoms with Crippen LogP contribution in [-0.2, 0) is 11.2 Å². The molecule has 106 valence electrons. The normalized spacial score (nSPS) is 14.1. The Morgan fingerprint density at radius 1 is 1.32 bits per heavy atom. The van der Waals surface area contributed by atoms with E-state index in [-0.39, 0.29) is 5.12 Å². The van der Waals surface area contributed by atoms with Gasteiger partial charge in [-0.1, -0.05) is 36.0 Å². The Morgan fingerprint density at radius 2 is 1.95 bits per heavy atom. The van der Waals surface area contributed by atoms with Crippen LogP contribution in [-0.4, -0.2) is 33.7 Å². The highest BCUT2D eigenvalue weighted by atomic mass is 32.2. The van der Waals surface area contributed by atoms with Crippen LogP contribution in [0.15, 0.2) is 24.3 Å². The molecule has 0 aliphatic carbocycles. The zero-order chi connectivity index (χ0) is 14.3. The van der Waals surface area contributed by atoms with Crippen LogP contribution in [0, 0.1) is 0 Å². The summed E-state index contributed by atoms with van der Waals surface area (Å²) >= 11 is 1.16. The van der Waals surface area contributed by atoms with E-state index in [9.17, 15) is 15.0 Å². The van der Waals surface area contributed by atoms with E-state index in [0.717, 1.165) is 23.7 Å². The van der Waals surface area contributed by atoms with Gasteiger partial charge in [-0.25, -0.2) is 0 Å². The highest BCUT2D eigenvalue weighted by Crippen LogP contribution is 2.21. The first-order valence-corrected chi connectivity index (χ1v) is 7.31. The summed E-state index contributed by atoms with van der Waals surface area (Å²) in [4.78, 5) is 10.8. The maximum absolute atomic E-state index is 10.8. The molecule has 0 bridgehead atoms. The number of carbonyl (C=O) groups excluding carboxylic acids is 1. The van der Waals surface area contributed by atoms with E-state index < -0.39 is 12.2 Å². The maximum Gasteiger partial charge on any atom is 0.185 e. The molecule has 1 aromatic carbocycles. The topological polar surface area (TPSA) is 83.5 Å². The van der Waals surface area contributed by atoms with Gasteiger partial charge in [0.1, 0.15) is 6.10 Å². The van der Waals surface area contributed by atoms with Crippen LogP contribution in [0.3, 0.4) is 0 Å². The second-order valence-corrected chi connectivity index (χ2v) is 5.69. The predicted octanol–water partition coefficient (Wildman–Crippen LogP) is 1.25. The van der Waals surface area contributed by atoms with Gasteiger partial charge in [-0.15, -0.1) is 0 Å². The van der Waals surface area contributed by atoms with Crippen molar-refractivity contribution in [2.24, 2.45) is 5.73 Å². The number of thioether (sulfide) groups is 1. The SMILES string of the molecule is CC(=O)SCCC(O)C(O)c1ccc(CCN)cc1. The predicted molar refractivity (Wildman–Crippen MR) is 77.9 cm³/mol. The van der Waals surface area contributed by atoms with Gasteiger partial charge in [-0.05, 0) is 30.5 Å². The molecule has 4 nitrogen and oxygen atoms in total. The van der Waals surface area contributed by atoms with Crippen LogP contribution in [0.2, 0.25) is 0 Å². The third-order valence-electron chi connectivity index (χ3n) is 2.84. The number of hydrogen-bond donors (Lipinski definition) is 3. The van der Waals surface area contributed by atoms with Crippen LogP contribution in [0.4, 0.5) is 0 Å². The molecule has 0 heterocycles. The Morgan fingerprint density at radius 3 is 2.47 bits per heavy atom. The van der Waals surface area contributed by atoms with Gasteiger partial charge in [0.2, 0.25) is 0 Å².